The average molecular weight is 595 g/mol. The van der Waals surface area contributed by atoms with Crippen LogP contribution in [-0.4, -0.2) is 202 Å². The van der Waals surface area contributed by atoms with Crippen molar-refractivity contribution in [3.05, 3.63) is 0 Å². The second kappa shape index (κ2) is 14.1. The van der Waals surface area contributed by atoms with Gasteiger partial charge < -0.3 is 95.2 Å². The van der Waals surface area contributed by atoms with E-state index in [1.807, 2.05) is 0 Å². The standard InChI is InChI=1S/C21H38O19/c22-1-4(24)15-9(29)7(27)11(31)20(38-15)36-3-6(26)17-13(33)18(14(34)19(35)37-17)40-21-12(32)8(28)10(30)16(39-21)5(25)2-23/h4-35H,1-3H2/t4-,5-,6-,7-,8-,9-,10-,11-,12-,13+,14-,15+,16+,17+,18-,19-,20-,21+/m0/s1. The third-order valence-electron chi connectivity index (χ3n) is 7.05. The van der Waals surface area contributed by atoms with E-state index >= 15 is 0 Å². The fourth-order valence-electron chi connectivity index (χ4n) is 4.64. The molecule has 0 amide bonds. The van der Waals surface area contributed by atoms with Crippen molar-refractivity contribution in [2.24, 2.45) is 0 Å². The van der Waals surface area contributed by atoms with Crippen molar-refractivity contribution in [1.29, 1.82) is 0 Å². The molecule has 40 heavy (non-hydrogen) atoms. The molecule has 0 aromatic carbocycles. The number of hydrogen-bond donors (Lipinski definition) is 14. The summed E-state index contributed by atoms with van der Waals surface area (Å²) in [5, 5.41) is 140. The zero-order valence-electron chi connectivity index (χ0n) is 20.8. The topological polar surface area (TPSA) is 329 Å². The summed E-state index contributed by atoms with van der Waals surface area (Å²) in [5.74, 6) is 0. The molecular formula is C21H38O19. The molecule has 0 saturated carbocycles. The Bertz CT molecular complexity index is 778. The molecule has 0 aromatic rings. The van der Waals surface area contributed by atoms with Crippen molar-refractivity contribution in [1.82, 2.24) is 0 Å². The van der Waals surface area contributed by atoms with E-state index < -0.39 is 130 Å². The van der Waals surface area contributed by atoms with Gasteiger partial charge in [-0.25, -0.2) is 0 Å². The fraction of sp³-hybridized carbons (Fsp3) is 1.00. The van der Waals surface area contributed by atoms with Crippen LogP contribution < -0.4 is 0 Å². The van der Waals surface area contributed by atoms with Crippen molar-refractivity contribution in [3.63, 3.8) is 0 Å². The highest BCUT2D eigenvalue weighted by Gasteiger charge is 2.53. The maximum absolute atomic E-state index is 10.8. The van der Waals surface area contributed by atoms with Crippen molar-refractivity contribution in [2.45, 2.75) is 110 Å². The summed E-state index contributed by atoms with van der Waals surface area (Å²) < 4.78 is 26.0. The number of hydrogen-bond acceptors (Lipinski definition) is 19. The van der Waals surface area contributed by atoms with Crippen LogP contribution in [0.5, 0.6) is 0 Å². The van der Waals surface area contributed by atoms with E-state index in [1.54, 1.807) is 0 Å². The molecule has 0 radical (unpaired) electrons. The van der Waals surface area contributed by atoms with Gasteiger partial charge in [0.2, 0.25) is 0 Å². The highest BCUT2D eigenvalue weighted by atomic mass is 16.7. The molecular weight excluding hydrogens is 556 g/mol. The Morgan fingerprint density at radius 2 is 0.950 bits per heavy atom. The molecule has 3 saturated heterocycles. The van der Waals surface area contributed by atoms with Crippen LogP contribution in [0.2, 0.25) is 0 Å². The smallest absolute Gasteiger partial charge is 0.187 e. The molecule has 14 N–H and O–H groups in total. The van der Waals surface area contributed by atoms with Crippen LogP contribution in [0, 0.1) is 0 Å². The Kier molecular flexibility index (Phi) is 11.9. The van der Waals surface area contributed by atoms with Crippen molar-refractivity contribution in [3.8, 4) is 0 Å². The minimum Gasteiger partial charge on any atom is -0.394 e. The molecule has 0 bridgehead atoms. The predicted octanol–water partition coefficient (Wildman–Crippen LogP) is -9.49. The van der Waals surface area contributed by atoms with Gasteiger partial charge in [0, 0.05) is 0 Å². The summed E-state index contributed by atoms with van der Waals surface area (Å²) in [4.78, 5) is 0. The third-order valence-corrected chi connectivity index (χ3v) is 7.05. The summed E-state index contributed by atoms with van der Waals surface area (Å²) in [6.45, 7) is -2.64. The van der Waals surface area contributed by atoms with Crippen LogP contribution >= 0.6 is 0 Å². The maximum Gasteiger partial charge on any atom is 0.187 e. The van der Waals surface area contributed by atoms with E-state index in [1.165, 1.54) is 0 Å². The van der Waals surface area contributed by atoms with E-state index in [4.69, 9.17) is 33.9 Å². The van der Waals surface area contributed by atoms with Crippen LogP contribution in [0.15, 0.2) is 0 Å². The first kappa shape index (κ1) is 33.7. The minimum atomic E-state index is -2.11. The van der Waals surface area contributed by atoms with Crippen molar-refractivity contribution < 1.29 is 95.2 Å². The van der Waals surface area contributed by atoms with Gasteiger partial charge in [-0.15, -0.1) is 0 Å². The Hall–Kier alpha value is -0.760. The first-order chi connectivity index (χ1) is 18.7. The first-order valence-corrected chi connectivity index (χ1v) is 12.4. The van der Waals surface area contributed by atoms with Crippen LogP contribution in [0.4, 0.5) is 0 Å². The van der Waals surface area contributed by atoms with Crippen molar-refractivity contribution >= 4 is 0 Å². The summed E-state index contributed by atoms with van der Waals surface area (Å²) in [6.07, 6.45) is -33.5. The zero-order chi connectivity index (χ0) is 30.0. The van der Waals surface area contributed by atoms with Gasteiger partial charge in [-0.3, -0.25) is 0 Å². The molecule has 0 aromatic heterocycles. The molecule has 3 aliphatic rings. The van der Waals surface area contributed by atoms with Gasteiger partial charge in [0.1, 0.15) is 91.6 Å². The normalized spacial score (nSPS) is 48.9. The van der Waals surface area contributed by atoms with Gasteiger partial charge in [-0.2, -0.15) is 0 Å². The molecule has 0 aliphatic carbocycles. The highest BCUT2D eigenvalue weighted by molar-refractivity contribution is 4.97. The number of aliphatic hydroxyl groups is 14. The second-order valence-corrected chi connectivity index (χ2v) is 9.86. The van der Waals surface area contributed by atoms with Gasteiger partial charge in [0.15, 0.2) is 18.9 Å². The largest absolute Gasteiger partial charge is 0.394 e. The zero-order valence-corrected chi connectivity index (χ0v) is 20.8. The molecule has 19 nitrogen and oxygen atoms in total. The molecule has 236 valence electrons. The first-order valence-electron chi connectivity index (χ1n) is 12.4. The molecule has 0 spiro atoms. The summed E-state index contributed by atoms with van der Waals surface area (Å²) in [6, 6.07) is 0. The van der Waals surface area contributed by atoms with Gasteiger partial charge in [0.05, 0.1) is 19.8 Å². The average Bonchev–Trinajstić information content (AvgIpc) is 2.94. The molecule has 3 heterocycles. The lowest BCUT2D eigenvalue weighted by Crippen LogP contribution is -2.66. The highest BCUT2D eigenvalue weighted by Crippen LogP contribution is 2.31. The summed E-state index contributed by atoms with van der Waals surface area (Å²) >= 11 is 0. The molecule has 3 aliphatic heterocycles. The van der Waals surface area contributed by atoms with Crippen LogP contribution in [0.1, 0.15) is 0 Å². The lowest BCUT2D eigenvalue weighted by Gasteiger charge is -2.47. The van der Waals surface area contributed by atoms with Gasteiger partial charge >= 0.3 is 0 Å². The molecule has 3 rings (SSSR count). The minimum absolute atomic E-state index is 0.845. The number of aliphatic hydroxyl groups excluding tert-OH is 14. The van der Waals surface area contributed by atoms with Gasteiger partial charge in [-0.05, 0) is 0 Å². The van der Waals surface area contributed by atoms with Crippen LogP contribution in [0.25, 0.3) is 0 Å². The summed E-state index contributed by atoms with van der Waals surface area (Å²) in [7, 11) is 0. The van der Waals surface area contributed by atoms with Crippen molar-refractivity contribution in [2.75, 3.05) is 19.8 Å². The monoisotopic (exact) mass is 594 g/mol. The van der Waals surface area contributed by atoms with E-state index in [2.05, 4.69) is 0 Å². The second-order valence-electron chi connectivity index (χ2n) is 9.86. The molecule has 3 fully saturated rings. The Balaban J connectivity index is 1.68. The molecule has 19 heteroatoms. The van der Waals surface area contributed by atoms with E-state index in [0.29, 0.717) is 0 Å². The van der Waals surface area contributed by atoms with Crippen LogP contribution in [0.3, 0.4) is 0 Å². The van der Waals surface area contributed by atoms with E-state index in [-0.39, 0.29) is 0 Å². The number of rotatable bonds is 10. The Morgan fingerprint density at radius 1 is 0.500 bits per heavy atom. The lowest BCUT2D eigenvalue weighted by atomic mass is 9.93. The Labute approximate surface area is 226 Å². The molecule has 0 unspecified atom stereocenters. The SMILES string of the molecule is OC[C@H](O)[C@H]1O[C@H](OC[C@H](O)[C@H]2O[C@H](O)[C@@H](O)[C@@H](O[C@H]3O[C@H]([C@@H](O)CO)[C@@H](O)[C@H](O)[C@@H]3O)[C@@H]2O)[C@@H](O)[C@@H](O)[C@@H]1O. The summed E-state index contributed by atoms with van der Waals surface area (Å²) in [5.41, 5.74) is 0. The van der Waals surface area contributed by atoms with E-state index in [0.717, 1.165) is 0 Å². The quantitative estimate of drug-likeness (QED) is 0.112. The van der Waals surface area contributed by atoms with Gasteiger partial charge in [0.25, 0.3) is 0 Å². The third kappa shape index (κ3) is 6.89. The van der Waals surface area contributed by atoms with E-state index in [9.17, 15) is 61.3 Å². The molecule has 18 atom stereocenters. The maximum atomic E-state index is 10.8. The van der Waals surface area contributed by atoms with Crippen LogP contribution in [-0.2, 0) is 23.7 Å². The Morgan fingerprint density at radius 3 is 1.45 bits per heavy atom. The fourth-order valence-corrected chi connectivity index (χ4v) is 4.64. The van der Waals surface area contributed by atoms with Gasteiger partial charge in [-0.1, -0.05) is 0 Å². The lowest BCUT2D eigenvalue weighted by molar-refractivity contribution is -0.365. The number of ether oxygens (including phenoxy) is 5. The predicted molar refractivity (Wildman–Crippen MR) is 119 cm³/mol.